The van der Waals surface area contributed by atoms with E-state index in [-0.39, 0.29) is 12.8 Å². The first kappa shape index (κ1) is 10.1. The van der Waals surface area contributed by atoms with Crippen LogP contribution in [0.25, 0.3) is 0 Å². The first-order valence-corrected chi connectivity index (χ1v) is 5.01. The minimum atomic E-state index is -3.79. The van der Waals surface area contributed by atoms with Gasteiger partial charge in [-0.2, -0.15) is 0 Å². The minimum Gasteiger partial charge on any atom is -0.396 e. The highest BCUT2D eigenvalue weighted by molar-refractivity contribution is 7.51. The fourth-order valence-electron chi connectivity index (χ4n) is 0.606. The standard InChI is InChI=1S/C5H13O4P/c6-4-2-1-3-5-10(7,8)9/h6H,1-5H2,(H2,7,8,9). The van der Waals surface area contributed by atoms with E-state index in [2.05, 4.69) is 0 Å². The van der Waals surface area contributed by atoms with Gasteiger partial charge in [-0.1, -0.05) is 6.42 Å². The van der Waals surface area contributed by atoms with Crippen LogP contribution in [0.15, 0.2) is 0 Å². The van der Waals surface area contributed by atoms with Gasteiger partial charge in [0.15, 0.2) is 0 Å². The zero-order chi connectivity index (χ0) is 8.04. The third-order valence-electron chi connectivity index (χ3n) is 1.11. The molecule has 0 radical (unpaired) electrons. The highest BCUT2D eigenvalue weighted by atomic mass is 31.2. The molecule has 0 aromatic carbocycles. The fourth-order valence-corrected chi connectivity index (χ4v) is 1.24. The van der Waals surface area contributed by atoms with Crippen molar-refractivity contribution < 1.29 is 19.5 Å². The van der Waals surface area contributed by atoms with Crippen LogP contribution in [0.1, 0.15) is 19.3 Å². The maximum Gasteiger partial charge on any atom is 0.325 e. The number of hydrogen-bond donors (Lipinski definition) is 3. The molecule has 0 amide bonds. The molecule has 62 valence electrons. The summed E-state index contributed by atoms with van der Waals surface area (Å²) in [4.78, 5) is 16.7. The van der Waals surface area contributed by atoms with Crippen molar-refractivity contribution >= 4 is 7.60 Å². The van der Waals surface area contributed by atoms with E-state index in [4.69, 9.17) is 14.9 Å². The Morgan fingerprint density at radius 2 is 1.70 bits per heavy atom. The lowest BCUT2D eigenvalue weighted by atomic mass is 10.3. The van der Waals surface area contributed by atoms with Crippen molar-refractivity contribution in [3.05, 3.63) is 0 Å². The van der Waals surface area contributed by atoms with E-state index in [1.54, 1.807) is 0 Å². The van der Waals surface area contributed by atoms with Gasteiger partial charge < -0.3 is 14.9 Å². The summed E-state index contributed by atoms with van der Waals surface area (Å²) in [5, 5.41) is 8.30. The van der Waals surface area contributed by atoms with Gasteiger partial charge in [-0.3, -0.25) is 4.57 Å². The topological polar surface area (TPSA) is 77.8 Å². The summed E-state index contributed by atoms with van der Waals surface area (Å²) in [5.74, 6) is 0. The van der Waals surface area contributed by atoms with Crippen molar-refractivity contribution in [1.29, 1.82) is 0 Å². The molecule has 5 heteroatoms. The van der Waals surface area contributed by atoms with Crippen LogP contribution >= 0.6 is 7.60 Å². The van der Waals surface area contributed by atoms with Crippen molar-refractivity contribution in [1.82, 2.24) is 0 Å². The van der Waals surface area contributed by atoms with Gasteiger partial charge in [0.05, 0.1) is 0 Å². The molecule has 0 saturated carbocycles. The predicted molar refractivity (Wildman–Crippen MR) is 37.8 cm³/mol. The number of aliphatic hydroxyl groups excluding tert-OH is 1. The summed E-state index contributed by atoms with van der Waals surface area (Å²) < 4.78 is 10.2. The number of unbranched alkanes of at least 4 members (excludes halogenated alkanes) is 2. The Hall–Kier alpha value is 0.110. The zero-order valence-electron chi connectivity index (χ0n) is 5.73. The molecule has 0 atom stereocenters. The van der Waals surface area contributed by atoms with Gasteiger partial charge in [0.25, 0.3) is 0 Å². The molecule has 0 aliphatic heterocycles. The summed E-state index contributed by atoms with van der Waals surface area (Å²) in [7, 11) is -3.79. The Morgan fingerprint density at radius 1 is 1.10 bits per heavy atom. The van der Waals surface area contributed by atoms with Crippen molar-refractivity contribution in [2.45, 2.75) is 19.3 Å². The van der Waals surface area contributed by atoms with Crippen LogP contribution in [0.3, 0.4) is 0 Å². The first-order chi connectivity index (χ1) is 4.56. The van der Waals surface area contributed by atoms with Crippen molar-refractivity contribution in [3.63, 3.8) is 0 Å². The van der Waals surface area contributed by atoms with Crippen LogP contribution in [0.2, 0.25) is 0 Å². The third kappa shape index (κ3) is 8.11. The molecular formula is C5H13O4P. The molecule has 10 heavy (non-hydrogen) atoms. The lowest BCUT2D eigenvalue weighted by molar-refractivity contribution is 0.283. The monoisotopic (exact) mass is 168 g/mol. The van der Waals surface area contributed by atoms with Gasteiger partial charge in [0.1, 0.15) is 0 Å². The minimum absolute atomic E-state index is 0.0625. The fraction of sp³-hybridized carbons (Fsp3) is 1.00. The van der Waals surface area contributed by atoms with Crippen molar-refractivity contribution in [3.8, 4) is 0 Å². The second-order valence-corrected chi connectivity index (χ2v) is 3.95. The van der Waals surface area contributed by atoms with Gasteiger partial charge in [-0.15, -0.1) is 0 Å². The molecule has 0 saturated heterocycles. The smallest absolute Gasteiger partial charge is 0.325 e. The lowest BCUT2D eigenvalue weighted by Gasteiger charge is -2.01. The van der Waals surface area contributed by atoms with Gasteiger partial charge in [0, 0.05) is 12.8 Å². The van der Waals surface area contributed by atoms with Crippen LogP contribution in [0.5, 0.6) is 0 Å². The molecule has 0 bridgehead atoms. The summed E-state index contributed by atoms with van der Waals surface area (Å²) in [5.41, 5.74) is 0. The van der Waals surface area contributed by atoms with E-state index < -0.39 is 7.60 Å². The predicted octanol–water partition coefficient (Wildman–Crippen LogP) is 0.327. The van der Waals surface area contributed by atoms with E-state index in [0.29, 0.717) is 19.3 Å². The van der Waals surface area contributed by atoms with Crippen LogP contribution in [0, 0.1) is 0 Å². The molecule has 0 unspecified atom stereocenters. The largest absolute Gasteiger partial charge is 0.396 e. The molecule has 0 aliphatic carbocycles. The van der Waals surface area contributed by atoms with Gasteiger partial charge in [0.2, 0.25) is 0 Å². The first-order valence-electron chi connectivity index (χ1n) is 3.22. The molecular weight excluding hydrogens is 155 g/mol. The Morgan fingerprint density at radius 3 is 2.10 bits per heavy atom. The van der Waals surface area contributed by atoms with E-state index in [1.807, 2.05) is 0 Å². The molecule has 0 aromatic rings. The second kappa shape index (κ2) is 4.85. The van der Waals surface area contributed by atoms with Gasteiger partial charge >= 0.3 is 7.60 Å². The molecule has 0 spiro atoms. The number of aliphatic hydroxyl groups is 1. The van der Waals surface area contributed by atoms with Gasteiger partial charge in [-0.05, 0) is 12.8 Å². The van der Waals surface area contributed by atoms with Crippen LogP contribution in [-0.2, 0) is 4.57 Å². The zero-order valence-corrected chi connectivity index (χ0v) is 6.63. The molecule has 3 N–H and O–H groups in total. The second-order valence-electron chi connectivity index (χ2n) is 2.17. The highest BCUT2D eigenvalue weighted by Gasteiger charge is 2.10. The molecule has 4 nitrogen and oxygen atoms in total. The Kier molecular flexibility index (Phi) is 4.91. The van der Waals surface area contributed by atoms with Gasteiger partial charge in [-0.25, -0.2) is 0 Å². The Labute approximate surface area is 60.0 Å². The van der Waals surface area contributed by atoms with Crippen LogP contribution in [-0.4, -0.2) is 27.7 Å². The Balaban J connectivity index is 3.13. The van der Waals surface area contributed by atoms with Crippen LogP contribution in [0.4, 0.5) is 0 Å². The number of hydrogen-bond acceptors (Lipinski definition) is 2. The molecule has 0 fully saturated rings. The highest BCUT2D eigenvalue weighted by Crippen LogP contribution is 2.35. The lowest BCUT2D eigenvalue weighted by Crippen LogP contribution is -1.89. The maximum atomic E-state index is 10.2. The third-order valence-corrected chi connectivity index (χ3v) is 2.01. The summed E-state index contributed by atoms with van der Waals surface area (Å²) in [6.07, 6.45) is 1.74. The van der Waals surface area contributed by atoms with Crippen molar-refractivity contribution in [2.75, 3.05) is 12.8 Å². The summed E-state index contributed by atoms with van der Waals surface area (Å²) in [6.45, 7) is 0.0984. The quantitative estimate of drug-likeness (QED) is 0.408. The number of rotatable bonds is 5. The molecule has 0 heterocycles. The summed E-state index contributed by atoms with van der Waals surface area (Å²) in [6, 6.07) is 0. The molecule has 0 rings (SSSR count). The average Bonchev–Trinajstić information content (AvgIpc) is 1.78. The molecule has 0 aromatic heterocycles. The van der Waals surface area contributed by atoms with E-state index >= 15 is 0 Å². The Bertz CT molecular complexity index is 119. The van der Waals surface area contributed by atoms with Crippen LogP contribution < -0.4 is 0 Å². The molecule has 0 aliphatic rings. The SMILES string of the molecule is O=P(O)(O)CCCCCO. The average molecular weight is 168 g/mol. The summed E-state index contributed by atoms with van der Waals surface area (Å²) >= 11 is 0. The van der Waals surface area contributed by atoms with Crippen molar-refractivity contribution in [2.24, 2.45) is 0 Å². The van der Waals surface area contributed by atoms with E-state index in [0.717, 1.165) is 0 Å². The van der Waals surface area contributed by atoms with E-state index in [9.17, 15) is 4.57 Å². The normalized spacial score (nSPS) is 11.9. The maximum absolute atomic E-state index is 10.2. The van der Waals surface area contributed by atoms with E-state index in [1.165, 1.54) is 0 Å².